The van der Waals surface area contributed by atoms with Crippen LogP contribution in [0.3, 0.4) is 0 Å². The van der Waals surface area contributed by atoms with Crippen LogP contribution in [0.15, 0.2) is 57.5 Å². The van der Waals surface area contributed by atoms with Crippen LogP contribution in [0.2, 0.25) is 0 Å². The van der Waals surface area contributed by atoms with Gasteiger partial charge in [-0.05, 0) is 50.6 Å². The third-order valence-corrected chi connectivity index (χ3v) is 7.15. The average Bonchev–Trinajstić information content (AvgIpc) is 3.25. The summed E-state index contributed by atoms with van der Waals surface area (Å²) < 4.78 is 29.3. The summed E-state index contributed by atoms with van der Waals surface area (Å²) in [4.78, 5) is 43.1. The number of carbonyl (C=O) groups is 2. The smallest absolute Gasteiger partial charge is 0.341 e. The number of para-hydroxylation sites is 1. The standard InChI is InChI=1S/C29H30N2O9S/c1-6-38-26-18(9-8-10-20(26)36-4)25-24(28(35)39-7-2)16(3)30-29-31(25)27(34)22(41-29)14-17-11-12-19(21(13-17)37-5)40-15-23(32)33/h8-14,25H,6-7,15H2,1-5H3,(H,32,33)/b22-14+/t25-/m1/s1. The van der Waals surface area contributed by atoms with E-state index in [1.54, 1.807) is 56.3 Å². The molecule has 1 aliphatic heterocycles. The van der Waals surface area contributed by atoms with Crippen molar-refractivity contribution in [3.8, 4) is 23.0 Å². The number of fused-ring (bicyclic) bond motifs is 1. The van der Waals surface area contributed by atoms with E-state index < -0.39 is 24.6 Å². The van der Waals surface area contributed by atoms with Crippen molar-refractivity contribution in [3.05, 3.63) is 78.5 Å². The molecular formula is C29H30N2O9S. The van der Waals surface area contributed by atoms with Crippen LogP contribution in [0.25, 0.3) is 6.08 Å². The van der Waals surface area contributed by atoms with Gasteiger partial charge in [0.1, 0.15) is 6.04 Å². The van der Waals surface area contributed by atoms with Crippen molar-refractivity contribution in [2.45, 2.75) is 26.8 Å². The monoisotopic (exact) mass is 582 g/mol. The minimum absolute atomic E-state index is 0.150. The molecule has 1 aliphatic rings. The first-order valence-electron chi connectivity index (χ1n) is 12.8. The Balaban J connectivity index is 1.92. The second-order valence-electron chi connectivity index (χ2n) is 8.71. The van der Waals surface area contributed by atoms with Crippen LogP contribution in [0.4, 0.5) is 0 Å². The normalized spacial score (nSPS) is 14.7. The molecule has 0 unspecified atom stereocenters. The molecule has 216 valence electrons. The molecule has 41 heavy (non-hydrogen) atoms. The first kappa shape index (κ1) is 29.4. The van der Waals surface area contributed by atoms with Gasteiger partial charge in [-0.1, -0.05) is 29.5 Å². The Labute approximate surface area is 239 Å². The molecule has 0 bridgehead atoms. The lowest BCUT2D eigenvalue weighted by molar-refractivity contribution is -0.140. The Morgan fingerprint density at radius 2 is 1.80 bits per heavy atom. The third-order valence-electron chi connectivity index (χ3n) is 6.17. The van der Waals surface area contributed by atoms with E-state index in [-0.39, 0.29) is 23.5 Å². The van der Waals surface area contributed by atoms with Gasteiger partial charge in [0.05, 0.1) is 43.2 Å². The Morgan fingerprint density at radius 1 is 1.05 bits per heavy atom. The van der Waals surface area contributed by atoms with E-state index in [1.165, 1.54) is 30.1 Å². The van der Waals surface area contributed by atoms with Gasteiger partial charge in [0.2, 0.25) is 0 Å². The number of thiazole rings is 1. The number of allylic oxidation sites excluding steroid dienone is 1. The van der Waals surface area contributed by atoms with E-state index in [1.807, 2.05) is 6.92 Å². The Morgan fingerprint density at radius 3 is 2.46 bits per heavy atom. The lowest BCUT2D eigenvalue weighted by atomic mass is 9.94. The minimum Gasteiger partial charge on any atom is -0.493 e. The highest BCUT2D eigenvalue weighted by Crippen LogP contribution is 2.40. The van der Waals surface area contributed by atoms with E-state index in [9.17, 15) is 14.4 Å². The molecule has 0 radical (unpaired) electrons. The number of methoxy groups -OCH3 is 2. The van der Waals surface area contributed by atoms with Crippen LogP contribution < -0.4 is 33.8 Å². The van der Waals surface area contributed by atoms with Crippen LogP contribution >= 0.6 is 11.3 Å². The quantitative estimate of drug-likeness (QED) is 0.339. The predicted octanol–water partition coefficient (Wildman–Crippen LogP) is 2.68. The Hall–Kier alpha value is -4.58. The minimum atomic E-state index is -1.12. The molecule has 3 aromatic rings. The number of rotatable bonds is 11. The van der Waals surface area contributed by atoms with Crippen molar-refractivity contribution in [1.82, 2.24) is 4.57 Å². The molecular weight excluding hydrogens is 552 g/mol. The van der Waals surface area contributed by atoms with Gasteiger partial charge in [0.15, 0.2) is 34.4 Å². The number of aliphatic carboxylic acids is 1. The van der Waals surface area contributed by atoms with Gasteiger partial charge in [0.25, 0.3) is 5.56 Å². The highest BCUT2D eigenvalue weighted by molar-refractivity contribution is 7.07. The van der Waals surface area contributed by atoms with Crippen LogP contribution in [0, 0.1) is 0 Å². The Bertz CT molecular complexity index is 1690. The maximum atomic E-state index is 14.0. The zero-order valence-corrected chi connectivity index (χ0v) is 24.1. The van der Waals surface area contributed by atoms with Crippen LogP contribution in [0.1, 0.15) is 37.9 Å². The van der Waals surface area contributed by atoms with Crippen molar-refractivity contribution in [2.24, 2.45) is 4.99 Å². The van der Waals surface area contributed by atoms with Gasteiger partial charge in [0, 0.05) is 5.56 Å². The fraction of sp³-hybridized carbons (Fsp3) is 0.310. The van der Waals surface area contributed by atoms with Crippen molar-refractivity contribution >= 4 is 29.4 Å². The molecule has 4 rings (SSSR count). The molecule has 0 saturated carbocycles. The molecule has 0 aliphatic carbocycles. The molecule has 12 heteroatoms. The van der Waals surface area contributed by atoms with Gasteiger partial charge < -0.3 is 28.8 Å². The molecule has 0 spiro atoms. The highest BCUT2D eigenvalue weighted by atomic mass is 32.1. The summed E-state index contributed by atoms with van der Waals surface area (Å²) in [5.74, 6) is -0.266. The van der Waals surface area contributed by atoms with Gasteiger partial charge in [-0.25, -0.2) is 14.6 Å². The summed E-state index contributed by atoms with van der Waals surface area (Å²) in [6.45, 7) is 5.21. The SMILES string of the molecule is CCOC(=O)C1=C(C)N=c2s/c(=C/c3ccc(OCC(=O)O)c(OC)c3)c(=O)n2[C@@H]1c1cccc(OC)c1OCC. The zero-order chi connectivity index (χ0) is 29.7. The van der Waals surface area contributed by atoms with Gasteiger partial charge in [-0.15, -0.1) is 0 Å². The van der Waals surface area contributed by atoms with Crippen LogP contribution in [-0.2, 0) is 14.3 Å². The number of benzene rings is 2. The summed E-state index contributed by atoms with van der Waals surface area (Å²) in [6, 6.07) is 9.30. The molecule has 0 fully saturated rings. The maximum Gasteiger partial charge on any atom is 0.341 e. The topological polar surface area (TPSA) is 135 Å². The van der Waals surface area contributed by atoms with E-state index in [4.69, 9.17) is 28.8 Å². The average molecular weight is 583 g/mol. The van der Waals surface area contributed by atoms with E-state index in [0.717, 1.165) is 0 Å². The molecule has 1 atom stereocenters. The van der Waals surface area contributed by atoms with Gasteiger partial charge in [-0.2, -0.15) is 0 Å². The maximum absolute atomic E-state index is 14.0. The number of aromatic nitrogens is 1. The number of ether oxygens (including phenoxy) is 5. The molecule has 1 aromatic heterocycles. The summed E-state index contributed by atoms with van der Waals surface area (Å²) in [7, 11) is 2.96. The van der Waals surface area contributed by atoms with Crippen molar-refractivity contribution in [1.29, 1.82) is 0 Å². The summed E-state index contributed by atoms with van der Waals surface area (Å²) >= 11 is 1.17. The molecule has 1 N–H and O–H groups in total. The number of carboxylic acids is 1. The predicted molar refractivity (Wildman–Crippen MR) is 151 cm³/mol. The molecule has 11 nitrogen and oxygen atoms in total. The van der Waals surface area contributed by atoms with Crippen molar-refractivity contribution < 1.29 is 38.4 Å². The first-order valence-corrected chi connectivity index (χ1v) is 13.6. The third kappa shape index (κ3) is 5.97. The molecule has 0 amide bonds. The lowest BCUT2D eigenvalue weighted by Crippen LogP contribution is -2.40. The second-order valence-corrected chi connectivity index (χ2v) is 9.72. The second kappa shape index (κ2) is 12.7. The van der Waals surface area contributed by atoms with Gasteiger partial charge >= 0.3 is 11.9 Å². The summed E-state index contributed by atoms with van der Waals surface area (Å²) in [5, 5.41) is 8.92. The zero-order valence-electron chi connectivity index (χ0n) is 23.3. The fourth-order valence-corrected chi connectivity index (χ4v) is 5.52. The molecule has 2 heterocycles. The van der Waals surface area contributed by atoms with Crippen LogP contribution in [0.5, 0.6) is 23.0 Å². The number of esters is 1. The number of hydrogen-bond acceptors (Lipinski definition) is 10. The largest absolute Gasteiger partial charge is 0.493 e. The first-order chi connectivity index (χ1) is 19.7. The van der Waals surface area contributed by atoms with Crippen molar-refractivity contribution in [2.75, 3.05) is 34.0 Å². The van der Waals surface area contributed by atoms with E-state index >= 15 is 0 Å². The lowest BCUT2D eigenvalue weighted by Gasteiger charge is -2.26. The van der Waals surface area contributed by atoms with Crippen LogP contribution in [-0.4, -0.2) is 55.7 Å². The van der Waals surface area contributed by atoms with E-state index in [2.05, 4.69) is 4.99 Å². The van der Waals surface area contributed by atoms with E-state index in [0.29, 0.717) is 50.0 Å². The number of nitrogens with zero attached hydrogens (tertiary/aromatic N) is 2. The number of carboxylic acid groups (broad SMARTS) is 1. The summed E-state index contributed by atoms with van der Waals surface area (Å²) in [6.07, 6.45) is 1.67. The molecule has 2 aromatic carbocycles. The highest BCUT2D eigenvalue weighted by Gasteiger charge is 2.36. The van der Waals surface area contributed by atoms with Crippen molar-refractivity contribution in [3.63, 3.8) is 0 Å². The number of carbonyl (C=O) groups excluding carboxylic acids is 1. The van der Waals surface area contributed by atoms with Gasteiger partial charge in [-0.3, -0.25) is 9.36 Å². The molecule has 0 saturated heterocycles. The number of hydrogen-bond donors (Lipinski definition) is 1. The Kier molecular flexibility index (Phi) is 9.13. The summed E-state index contributed by atoms with van der Waals surface area (Å²) in [5.41, 5.74) is 1.44. The fourth-order valence-electron chi connectivity index (χ4n) is 4.48.